The molecule has 0 aliphatic carbocycles. The molecule has 0 saturated carbocycles. The summed E-state index contributed by atoms with van der Waals surface area (Å²) >= 11 is 0. The van der Waals surface area contributed by atoms with Crippen LogP contribution in [0.1, 0.15) is 12.6 Å². The van der Waals surface area contributed by atoms with Crippen LogP contribution in [0, 0.1) is 0 Å². The third kappa shape index (κ3) is 1.39. The molecule has 0 amide bonds. The van der Waals surface area contributed by atoms with Crippen LogP contribution in [0.2, 0.25) is 0 Å². The van der Waals surface area contributed by atoms with E-state index in [1.165, 1.54) is 4.57 Å². The first-order valence-electron chi connectivity index (χ1n) is 5.84. The quantitative estimate of drug-likeness (QED) is 0.710. The summed E-state index contributed by atoms with van der Waals surface area (Å²) in [4.78, 5) is 15.7. The predicted molar refractivity (Wildman–Crippen MR) is 69.2 cm³/mol. The van der Waals surface area contributed by atoms with Gasteiger partial charge in [-0.25, -0.2) is 9.78 Å². The Morgan fingerprint density at radius 1 is 1.33 bits per heavy atom. The van der Waals surface area contributed by atoms with E-state index in [2.05, 4.69) is 4.98 Å². The van der Waals surface area contributed by atoms with E-state index in [-0.39, 0.29) is 0 Å². The van der Waals surface area contributed by atoms with Gasteiger partial charge in [-0.05, 0) is 18.6 Å². The fraction of sp³-hybridized carbons (Fsp3) is 0.143. The summed E-state index contributed by atoms with van der Waals surface area (Å²) in [7, 11) is 0. The van der Waals surface area contributed by atoms with Crippen LogP contribution < -0.4 is 0 Å². The van der Waals surface area contributed by atoms with Crippen molar-refractivity contribution in [1.29, 1.82) is 0 Å². The van der Waals surface area contributed by atoms with Crippen molar-refractivity contribution in [3.05, 3.63) is 42.2 Å². The molecular weight excluding hydrogens is 228 g/mol. The van der Waals surface area contributed by atoms with Gasteiger partial charge in [0.1, 0.15) is 0 Å². The SMILES string of the molecule is CCc1c2nc3ccccc3c-2ccn1C(=O)O. The van der Waals surface area contributed by atoms with Crippen molar-refractivity contribution in [2.45, 2.75) is 13.3 Å². The van der Waals surface area contributed by atoms with Gasteiger partial charge < -0.3 is 5.11 Å². The molecule has 0 saturated heterocycles. The molecule has 1 N–H and O–H groups in total. The first-order valence-corrected chi connectivity index (χ1v) is 5.84. The Bertz CT molecular complexity index is 715. The molecule has 0 bridgehead atoms. The maximum atomic E-state index is 11.2. The minimum absolute atomic E-state index is 0.632. The molecule has 4 nitrogen and oxygen atoms in total. The van der Waals surface area contributed by atoms with Gasteiger partial charge in [-0.2, -0.15) is 0 Å². The number of carboxylic acid groups (broad SMARTS) is 1. The summed E-state index contributed by atoms with van der Waals surface area (Å²) in [6.45, 7) is 1.94. The van der Waals surface area contributed by atoms with Crippen LogP contribution in [-0.2, 0) is 6.42 Å². The van der Waals surface area contributed by atoms with Gasteiger partial charge in [0.2, 0.25) is 0 Å². The van der Waals surface area contributed by atoms with Gasteiger partial charge in [0.25, 0.3) is 0 Å². The van der Waals surface area contributed by atoms with Crippen LogP contribution in [-0.4, -0.2) is 20.8 Å². The Kier molecular flexibility index (Phi) is 2.30. The summed E-state index contributed by atoms with van der Waals surface area (Å²) in [5.74, 6) is 0. The monoisotopic (exact) mass is 240 g/mol. The molecule has 2 aliphatic rings. The second-order valence-corrected chi connectivity index (χ2v) is 4.16. The van der Waals surface area contributed by atoms with E-state index in [1.807, 2.05) is 37.3 Å². The summed E-state index contributed by atoms with van der Waals surface area (Å²) in [5.41, 5.74) is 3.44. The lowest BCUT2D eigenvalue weighted by atomic mass is 10.1. The Labute approximate surface area is 104 Å². The third-order valence-electron chi connectivity index (χ3n) is 3.18. The number of nitrogens with zero attached hydrogens (tertiary/aromatic N) is 2. The van der Waals surface area contributed by atoms with Gasteiger partial charge in [0, 0.05) is 17.1 Å². The molecule has 1 aromatic rings. The average Bonchev–Trinajstić information content (AvgIpc) is 2.75. The molecule has 90 valence electrons. The summed E-state index contributed by atoms with van der Waals surface area (Å²) in [6, 6.07) is 9.67. The zero-order valence-corrected chi connectivity index (χ0v) is 9.92. The highest BCUT2D eigenvalue weighted by Crippen LogP contribution is 2.33. The van der Waals surface area contributed by atoms with E-state index >= 15 is 0 Å². The fourth-order valence-electron chi connectivity index (χ4n) is 2.37. The van der Waals surface area contributed by atoms with Crippen molar-refractivity contribution >= 4 is 17.0 Å². The smallest absolute Gasteiger partial charge is 0.415 e. The van der Waals surface area contributed by atoms with Crippen LogP contribution in [0.5, 0.6) is 0 Å². The highest BCUT2D eigenvalue weighted by Gasteiger charge is 2.18. The van der Waals surface area contributed by atoms with Crippen LogP contribution in [0.3, 0.4) is 0 Å². The second kappa shape index (κ2) is 3.84. The molecule has 2 aliphatic heterocycles. The zero-order chi connectivity index (χ0) is 12.7. The highest BCUT2D eigenvalue weighted by atomic mass is 16.4. The van der Waals surface area contributed by atoms with Crippen LogP contribution in [0.15, 0.2) is 36.5 Å². The van der Waals surface area contributed by atoms with Crippen molar-refractivity contribution in [2.24, 2.45) is 0 Å². The minimum Gasteiger partial charge on any atom is -0.464 e. The Morgan fingerprint density at radius 2 is 2.11 bits per heavy atom. The van der Waals surface area contributed by atoms with Gasteiger partial charge in [-0.3, -0.25) is 4.57 Å². The summed E-state index contributed by atoms with van der Waals surface area (Å²) in [6.07, 6.45) is 1.26. The molecule has 0 spiro atoms. The van der Waals surface area contributed by atoms with E-state index in [4.69, 9.17) is 5.11 Å². The van der Waals surface area contributed by atoms with Gasteiger partial charge in [0.05, 0.1) is 16.9 Å². The molecular formula is C14H12N2O2. The van der Waals surface area contributed by atoms with Gasteiger partial charge in [0.15, 0.2) is 0 Å². The van der Waals surface area contributed by atoms with Crippen molar-refractivity contribution in [3.63, 3.8) is 0 Å². The molecule has 2 heterocycles. The van der Waals surface area contributed by atoms with Crippen LogP contribution in [0.25, 0.3) is 22.2 Å². The van der Waals surface area contributed by atoms with Crippen molar-refractivity contribution in [1.82, 2.24) is 9.55 Å². The summed E-state index contributed by atoms with van der Waals surface area (Å²) in [5, 5.41) is 10.2. The fourth-order valence-corrected chi connectivity index (χ4v) is 2.37. The van der Waals surface area contributed by atoms with E-state index < -0.39 is 6.09 Å². The van der Waals surface area contributed by atoms with Crippen molar-refractivity contribution in [2.75, 3.05) is 0 Å². The van der Waals surface area contributed by atoms with E-state index in [0.29, 0.717) is 6.42 Å². The molecule has 0 aromatic heterocycles. The number of carbonyl (C=O) groups is 1. The zero-order valence-electron chi connectivity index (χ0n) is 9.92. The topological polar surface area (TPSA) is 55.1 Å². The molecule has 0 fully saturated rings. The molecule has 1 aromatic carbocycles. The van der Waals surface area contributed by atoms with E-state index in [9.17, 15) is 4.79 Å². The Morgan fingerprint density at radius 3 is 2.83 bits per heavy atom. The summed E-state index contributed by atoms with van der Waals surface area (Å²) < 4.78 is 1.24. The number of fused-ring (bicyclic) bond motifs is 3. The van der Waals surface area contributed by atoms with Crippen molar-refractivity contribution in [3.8, 4) is 11.3 Å². The largest absolute Gasteiger partial charge is 0.464 e. The lowest BCUT2D eigenvalue weighted by Crippen LogP contribution is -2.14. The number of benzene rings is 1. The number of hydrogen-bond acceptors (Lipinski definition) is 2. The lowest BCUT2D eigenvalue weighted by molar-refractivity contribution is 0.195. The normalized spacial score (nSPS) is 11.2. The number of aromatic nitrogens is 2. The molecule has 3 rings (SSSR count). The van der Waals surface area contributed by atoms with Crippen molar-refractivity contribution < 1.29 is 9.90 Å². The minimum atomic E-state index is -0.971. The van der Waals surface area contributed by atoms with E-state index in [0.717, 1.165) is 27.9 Å². The predicted octanol–water partition coefficient (Wildman–Crippen LogP) is 3.23. The lowest BCUT2D eigenvalue weighted by Gasteiger charge is -2.11. The number of rotatable bonds is 1. The van der Waals surface area contributed by atoms with Crippen LogP contribution >= 0.6 is 0 Å². The van der Waals surface area contributed by atoms with Gasteiger partial charge in [-0.1, -0.05) is 25.1 Å². The molecule has 0 radical (unpaired) electrons. The number of para-hydroxylation sites is 1. The number of pyridine rings is 1. The average molecular weight is 240 g/mol. The molecule has 0 atom stereocenters. The van der Waals surface area contributed by atoms with Crippen LogP contribution in [0.4, 0.5) is 4.79 Å². The third-order valence-corrected chi connectivity index (χ3v) is 3.18. The Hall–Kier alpha value is -2.36. The first kappa shape index (κ1) is 10.8. The van der Waals surface area contributed by atoms with E-state index in [1.54, 1.807) is 6.20 Å². The highest BCUT2D eigenvalue weighted by molar-refractivity contribution is 5.98. The molecule has 0 unspecified atom stereocenters. The maximum absolute atomic E-state index is 11.2. The maximum Gasteiger partial charge on any atom is 0.415 e. The standard InChI is InChI=1S/C14H12N2O2/c1-2-12-13-10(7-8-16(12)14(17)18)9-5-3-4-6-11(9)15-13/h3-8H,2H2,1H3,(H,17,18). The van der Waals surface area contributed by atoms with Gasteiger partial charge in [-0.15, -0.1) is 0 Å². The molecule has 18 heavy (non-hydrogen) atoms. The molecule has 4 heteroatoms. The van der Waals surface area contributed by atoms with Gasteiger partial charge >= 0.3 is 6.09 Å². The number of hydrogen-bond donors (Lipinski definition) is 1. The Balaban J connectivity index is 2.42. The second-order valence-electron chi connectivity index (χ2n) is 4.16. The first-order chi connectivity index (χ1) is 8.72.